The number of rotatable bonds is 5. The number of carbonyl (C=O) groups is 1. The van der Waals surface area contributed by atoms with Crippen LogP contribution in [0.2, 0.25) is 0 Å². The van der Waals surface area contributed by atoms with E-state index in [4.69, 9.17) is 0 Å². The van der Waals surface area contributed by atoms with Gasteiger partial charge in [0, 0.05) is 12.2 Å². The average molecular weight is 221 g/mol. The van der Waals surface area contributed by atoms with Crippen molar-refractivity contribution in [3.05, 3.63) is 23.9 Å². The Morgan fingerprint density at radius 2 is 2.19 bits per heavy atom. The molecule has 88 valence electrons. The minimum atomic E-state index is -0.186. The average Bonchev–Trinajstić information content (AvgIpc) is 2.24. The molecular weight excluding hydrogens is 202 g/mol. The van der Waals surface area contributed by atoms with Gasteiger partial charge in [0.2, 0.25) is 0 Å². The molecule has 16 heavy (non-hydrogen) atoms. The zero-order chi connectivity index (χ0) is 11.8. The summed E-state index contributed by atoms with van der Waals surface area (Å²) in [4.78, 5) is 15.6. The number of carbonyl (C=O) groups excluding carboxylic acids is 1. The van der Waals surface area contributed by atoms with Gasteiger partial charge in [-0.1, -0.05) is 25.8 Å². The lowest BCUT2D eigenvalue weighted by atomic mass is 10.2. The number of nitrogens with one attached hydrogen (secondary N) is 2. The van der Waals surface area contributed by atoms with Gasteiger partial charge < -0.3 is 5.32 Å². The second-order valence-corrected chi connectivity index (χ2v) is 3.75. The number of nitrogens with zero attached hydrogens (tertiary/aromatic N) is 1. The molecule has 4 heteroatoms. The molecule has 0 unspecified atom stereocenters. The largest absolute Gasteiger partial charge is 0.338 e. The number of aromatic nitrogens is 1. The van der Waals surface area contributed by atoms with Crippen LogP contribution < -0.4 is 10.6 Å². The number of urea groups is 1. The molecule has 1 rings (SSSR count). The van der Waals surface area contributed by atoms with E-state index in [9.17, 15) is 4.79 Å². The van der Waals surface area contributed by atoms with Crippen LogP contribution in [0.5, 0.6) is 0 Å². The summed E-state index contributed by atoms with van der Waals surface area (Å²) < 4.78 is 0. The summed E-state index contributed by atoms with van der Waals surface area (Å²) in [6, 6.07) is 5.35. The molecule has 2 N–H and O–H groups in total. The maximum Gasteiger partial charge on any atom is 0.320 e. The van der Waals surface area contributed by atoms with Crippen molar-refractivity contribution in [1.82, 2.24) is 10.3 Å². The third-order valence-electron chi connectivity index (χ3n) is 2.20. The Labute approximate surface area is 96.5 Å². The van der Waals surface area contributed by atoms with E-state index in [1.807, 2.05) is 19.1 Å². The van der Waals surface area contributed by atoms with Crippen LogP contribution in [0.4, 0.5) is 10.6 Å². The monoisotopic (exact) mass is 221 g/mol. The summed E-state index contributed by atoms with van der Waals surface area (Å²) in [5, 5.41) is 5.49. The molecule has 0 spiro atoms. The predicted molar refractivity (Wildman–Crippen MR) is 65.5 cm³/mol. The summed E-state index contributed by atoms with van der Waals surface area (Å²) in [5.74, 6) is 0.591. The molecule has 1 aromatic rings. The van der Waals surface area contributed by atoms with Gasteiger partial charge in [-0.3, -0.25) is 5.32 Å². The highest BCUT2D eigenvalue weighted by Gasteiger charge is 2.01. The molecule has 0 fully saturated rings. The van der Waals surface area contributed by atoms with Crippen molar-refractivity contribution in [1.29, 1.82) is 0 Å². The van der Waals surface area contributed by atoms with Crippen LogP contribution in [0, 0.1) is 6.92 Å². The van der Waals surface area contributed by atoms with Crippen molar-refractivity contribution in [2.24, 2.45) is 0 Å². The zero-order valence-corrected chi connectivity index (χ0v) is 9.92. The second kappa shape index (κ2) is 6.82. The third kappa shape index (κ3) is 4.77. The van der Waals surface area contributed by atoms with E-state index in [1.165, 1.54) is 0 Å². The SMILES string of the molecule is CCCCCNC(=O)Nc1cccc(C)n1. The fourth-order valence-electron chi connectivity index (χ4n) is 1.35. The Kier molecular flexibility index (Phi) is 5.32. The lowest BCUT2D eigenvalue weighted by Gasteiger charge is -2.06. The van der Waals surface area contributed by atoms with Crippen LogP contribution in [-0.2, 0) is 0 Å². The topological polar surface area (TPSA) is 54.0 Å². The zero-order valence-electron chi connectivity index (χ0n) is 9.92. The number of unbranched alkanes of at least 4 members (excludes halogenated alkanes) is 2. The fraction of sp³-hybridized carbons (Fsp3) is 0.500. The molecule has 1 aromatic heterocycles. The van der Waals surface area contributed by atoms with E-state index >= 15 is 0 Å². The van der Waals surface area contributed by atoms with Gasteiger partial charge in [-0.15, -0.1) is 0 Å². The summed E-state index contributed by atoms with van der Waals surface area (Å²) in [7, 11) is 0. The Bertz CT molecular complexity index is 339. The second-order valence-electron chi connectivity index (χ2n) is 3.75. The summed E-state index contributed by atoms with van der Waals surface area (Å²) in [6.07, 6.45) is 3.32. The minimum absolute atomic E-state index is 0.186. The smallest absolute Gasteiger partial charge is 0.320 e. The van der Waals surface area contributed by atoms with E-state index in [-0.39, 0.29) is 6.03 Å². The molecule has 1 heterocycles. The molecule has 0 aliphatic carbocycles. The van der Waals surface area contributed by atoms with E-state index in [0.717, 1.165) is 25.0 Å². The van der Waals surface area contributed by atoms with Crippen LogP contribution in [0.1, 0.15) is 31.9 Å². The highest BCUT2D eigenvalue weighted by atomic mass is 16.2. The molecule has 0 saturated carbocycles. The maximum absolute atomic E-state index is 11.4. The van der Waals surface area contributed by atoms with E-state index in [0.29, 0.717) is 12.4 Å². The van der Waals surface area contributed by atoms with E-state index in [1.54, 1.807) is 6.07 Å². The first-order chi connectivity index (χ1) is 7.72. The van der Waals surface area contributed by atoms with Gasteiger partial charge in [0.1, 0.15) is 5.82 Å². The molecule has 0 aliphatic rings. The molecule has 2 amide bonds. The van der Waals surface area contributed by atoms with Crippen LogP contribution in [0.3, 0.4) is 0 Å². The summed E-state index contributed by atoms with van der Waals surface area (Å²) in [5.41, 5.74) is 0.892. The van der Waals surface area contributed by atoms with Crippen LogP contribution in [-0.4, -0.2) is 17.6 Å². The standard InChI is InChI=1S/C12H19N3O/c1-3-4-5-9-13-12(16)15-11-8-6-7-10(2)14-11/h6-8H,3-5,9H2,1-2H3,(H2,13,14,15,16). The molecule has 0 atom stereocenters. The molecular formula is C12H19N3O. The van der Waals surface area contributed by atoms with Gasteiger partial charge in [-0.05, 0) is 25.5 Å². The van der Waals surface area contributed by atoms with Gasteiger partial charge in [0.05, 0.1) is 0 Å². The molecule has 0 bridgehead atoms. The number of amides is 2. The van der Waals surface area contributed by atoms with Crippen LogP contribution >= 0.6 is 0 Å². The molecule has 4 nitrogen and oxygen atoms in total. The molecule has 0 radical (unpaired) electrons. The van der Waals surface area contributed by atoms with Gasteiger partial charge >= 0.3 is 6.03 Å². The Balaban J connectivity index is 2.29. The van der Waals surface area contributed by atoms with Gasteiger partial charge in [0.15, 0.2) is 0 Å². The number of anilines is 1. The Hall–Kier alpha value is -1.58. The maximum atomic E-state index is 11.4. The fourth-order valence-corrected chi connectivity index (χ4v) is 1.35. The van der Waals surface area contributed by atoms with Crippen molar-refractivity contribution in [3.63, 3.8) is 0 Å². The first-order valence-electron chi connectivity index (χ1n) is 5.71. The van der Waals surface area contributed by atoms with E-state index < -0.39 is 0 Å². The minimum Gasteiger partial charge on any atom is -0.338 e. The highest BCUT2D eigenvalue weighted by Crippen LogP contribution is 2.03. The predicted octanol–water partition coefficient (Wildman–Crippen LogP) is 2.70. The third-order valence-corrected chi connectivity index (χ3v) is 2.20. The first kappa shape index (κ1) is 12.5. The molecule has 0 aromatic carbocycles. The van der Waals surface area contributed by atoms with Crippen molar-refractivity contribution >= 4 is 11.8 Å². The van der Waals surface area contributed by atoms with Crippen LogP contribution in [0.25, 0.3) is 0 Å². The van der Waals surface area contributed by atoms with Gasteiger partial charge in [-0.2, -0.15) is 0 Å². The number of hydrogen-bond donors (Lipinski definition) is 2. The normalized spacial score (nSPS) is 9.88. The van der Waals surface area contributed by atoms with E-state index in [2.05, 4.69) is 22.5 Å². The molecule has 0 aliphatic heterocycles. The Morgan fingerprint density at radius 1 is 1.38 bits per heavy atom. The number of hydrogen-bond acceptors (Lipinski definition) is 2. The highest BCUT2D eigenvalue weighted by molar-refractivity contribution is 5.88. The van der Waals surface area contributed by atoms with Gasteiger partial charge in [-0.25, -0.2) is 9.78 Å². The Morgan fingerprint density at radius 3 is 2.88 bits per heavy atom. The lowest BCUT2D eigenvalue weighted by Crippen LogP contribution is -2.29. The van der Waals surface area contributed by atoms with Crippen LogP contribution in [0.15, 0.2) is 18.2 Å². The summed E-state index contributed by atoms with van der Waals surface area (Å²) >= 11 is 0. The first-order valence-corrected chi connectivity index (χ1v) is 5.71. The van der Waals surface area contributed by atoms with Gasteiger partial charge in [0.25, 0.3) is 0 Å². The molecule has 0 saturated heterocycles. The quantitative estimate of drug-likeness (QED) is 0.751. The number of aryl methyl sites for hydroxylation is 1. The van der Waals surface area contributed by atoms with Crippen molar-refractivity contribution in [2.45, 2.75) is 33.1 Å². The summed E-state index contributed by atoms with van der Waals surface area (Å²) in [6.45, 7) is 4.74. The van der Waals surface area contributed by atoms with Crippen molar-refractivity contribution < 1.29 is 4.79 Å². The lowest BCUT2D eigenvalue weighted by molar-refractivity contribution is 0.252. The van der Waals surface area contributed by atoms with Crippen molar-refractivity contribution in [2.75, 3.05) is 11.9 Å². The number of pyridine rings is 1. The van der Waals surface area contributed by atoms with Crippen molar-refractivity contribution in [3.8, 4) is 0 Å².